The predicted molar refractivity (Wildman–Crippen MR) is 110 cm³/mol. The summed E-state index contributed by atoms with van der Waals surface area (Å²) in [6.07, 6.45) is 3.45. The Morgan fingerprint density at radius 3 is 2.16 bits per heavy atom. The zero-order valence-electron chi connectivity index (χ0n) is 15.4. The second-order valence-electron chi connectivity index (χ2n) is 6.52. The van der Waals surface area contributed by atoms with Crippen molar-refractivity contribution < 1.29 is 20.8 Å². The third-order valence-corrected chi connectivity index (χ3v) is 4.47. The van der Waals surface area contributed by atoms with Gasteiger partial charge in [0.2, 0.25) is 0 Å². The average molecular weight is 452 g/mol. The predicted octanol–water partition coefficient (Wildman–Crippen LogP) is 7.73. The standard InChI is InChI=1S/C22H25.2ClH.Zr/c1-5-7-17-13-19-9-8-18(6-2)22(21(19)14-17)20-11-15(3)10-16(4)12-20;;;/h8-14H,5-7H2,1-4H3;2*1H;/q-1;;;+2/p-2. The summed E-state index contributed by atoms with van der Waals surface area (Å²) in [7, 11) is 9.87. The summed E-state index contributed by atoms with van der Waals surface area (Å²) in [5, 5.41) is 2.81. The molecule has 25 heavy (non-hydrogen) atoms. The third-order valence-electron chi connectivity index (χ3n) is 4.47. The molecular formula is C22H25Cl2Zr-. The molecule has 0 nitrogen and oxygen atoms in total. The van der Waals surface area contributed by atoms with Crippen molar-refractivity contribution in [1.82, 2.24) is 0 Å². The minimum absolute atomic E-state index is 0.826. The SMILES string of the molecule is CCCc1cc2c(-c3cc(C)cc(C)c3)c(CC)ccc2[cH-]1.[Cl][Zr][Cl]. The molecule has 0 fully saturated rings. The van der Waals surface area contributed by atoms with Gasteiger partial charge in [0.1, 0.15) is 0 Å². The van der Waals surface area contributed by atoms with Gasteiger partial charge in [0.05, 0.1) is 0 Å². The van der Waals surface area contributed by atoms with Gasteiger partial charge in [-0.15, -0.1) is 34.5 Å². The van der Waals surface area contributed by atoms with Crippen molar-refractivity contribution >= 4 is 27.8 Å². The molecule has 3 aromatic carbocycles. The minimum atomic E-state index is -0.826. The first-order valence-electron chi connectivity index (χ1n) is 8.80. The number of rotatable bonds is 4. The van der Waals surface area contributed by atoms with Gasteiger partial charge in [-0.05, 0) is 32.3 Å². The molecule has 0 amide bonds. The maximum atomic E-state index is 4.93. The zero-order chi connectivity index (χ0) is 18.4. The molecule has 132 valence electrons. The second kappa shape index (κ2) is 10.0. The van der Waals surface area contributed by atoms with E-state index in [1.54, 1.807) is 0 Å². The monoisotopic (exact) mass is 449 g/mol. The summed E-state index contributed by atoms with van der Waals surface area (Å²) in [5.74, 6) is 0. The van der Waals surface area contributed by atoms with Crippen LogP contribution in [0.5, 0.6) is 0 Å². The third kappa shape index (κ3) is 5.25. The first kappa shape index (κ1) is 20.8. The maximum absolute atomic E-state index is 4.93. The molecule has 0 N–H and O–H groups in total. The van der Waals surface area contributed by atoms with Crippen LogP contribution in [0.25, 0.3) is 21.9 Å². The van der Waals surface area contributed by atoms with E-state index in [0.717, 1.165) is 6.42 Å². The molecule has 0 aliphatic rings. The summed E-state index contributed by atoms with van der Waals surface area (Å²) in [6, 6.07) is 16.3. The molecular weight excluding hydrogens is 426 g/mol. The Balaban J connectivity index is 0.000000701. The second-order valence-corrected chi connectivity index (χ2v) is 10.2. The molecule has 0 aliphatic carbocycles. The van der Waals surface area contributed by atoms with Crippen molar-refractivity contribution in [3.63, 3.8) is 0 Å². The van der Waals surface area contributed by atoms with Crippen LogP contribution in [0.1, 0.15) is 42.5 Å². The Bertz CT molecular complexity index is 813. The first-order valence-corrected chi connectivity index (χ1v) is 15.1. The molecule has 0 spiro atoms. The van der Waals surface area contributed by atoms with Gasteiger partial charge in [0.15, 0.2) is 0 Å². The van der Waals surface area contributed by atoms with Crippen LogP contribution in [0.3, 0.4) is 0 Å². The Morgan fingerprint density at radius 1 is 0.960 bits per heavy atom. The van der Waals surface area contributed by atoms with Crippen LogP contribution in [0.15, 0.2) is 42.5 Å². The number of benzene rings is 2. The summed E-state index contributed by atoms with van der Waals surface area (Å²) >= 11 is -0.826. The Kier molecular flexibility index (Phi) is 8.33. The molecule has 0 bridgehead atoms. The molecule has 0 radical (unpaired) electrons. The van der Waals surface area contributed by atoms with Crippen molar-refractivity contribution in [2.75, 3.05) is 0 Å². The van der Waals surface area contributed by atoms with Crippen LogP contribution in [0.4, 0.5) is 0 Å². The van der Waals surface area contributed by atoms with Crippen LogP contribution in [-0.4, -0.2) is 0 Å². The van der Waals surface area contributed by atoms with E-state index >= 15 is 0 Å². The molecule has 0 unspecified atom stereocenters. The molecule has 3 heteroatoms. The first-order chi connectivity index (χ1) is 12.0. The van der Waals surface area contributed by atoms with Crippen molar-refractivity contribution in [3.8, 4) is 11.1 Å². The fourth-order valence-corrected chi connectivity index (χ4v) is 3.58. The van der Waals surface area contributed by atoms with Crippen molar-refractivity contribution in [2.24, 2.45) is 0 Å². The van der Waals surface area contributed by atoms with Crippen molar-refractivity contribution in [3.05, 3.63) is 64.7 Å². The van der Waals surface area contributed by atoms with Gasteiger partial charge >= 0.3 is 37.9 Å². The summed E-state index contributed by atoms with van der Waals surface area (Å²) in [4.78, 5) is 0. The average Bonchev–Trinajstić information content (AvgIpc) is 2.96. The van der Waals surface area contributed by atoms with E-state index in [0.29, 0.717) is 0 Å². The van der Waals surface area contributed by atoms with Crippen molar-refractivity contribution in [2.45, 2.75) is 47.0 Å². The molecule has 3 aromatic rings. The van der Waals surface area contributed by atoms with Gasteiger partial charge in [0.25, 0.3) is 0 Å². The normalized spacial score (nSPS) is 10.5. The molecule has 0 aliphatic heterocycles. The van der Waals surface area contributed by atoms with E-state index in [2.05, 4.69) is 70.2 Å². The van der Waals surface area contributed by atoms with Gasteiger partial charge < -0.3 is 0 Å². The Labute approximate surface area is 170 Å². The van der Waals surface area contributed by atoms with Gasteiger partial charge in [-0.1, -0.05) is 60.7 Å². The number of aryl methyl sites for hydroxylation is 4. The zero-order valence-corrected chi connectivity index (χ0v) is 19.4. The van der Waals surface area contributed by atoms with Crippen molar-refractivity contribution in [1.29, 1.82) is 0 Å². The fraction of sp³-hybridized carbons (Fsp3) is 0.318. The van der Waals surface area contributed by atoms with Crippen LogP contribution in [0, 0.1) is 13.8 Å². The number of halogens is 2. The number of fused-ring (bicyclic) bond motifs is 1. The number of hydrogen-bond donors (Lipinski definition) is 0. The van der Waals surface area contributed by atoms with Gasteiger partial charge in [0, 0.05) is 0 Å². The van der Waals surface area contributed by atoms with Crippen LogP contribution in [-0.2, 0) is 33.7 Å². The summed E-state index contributed by atoms with van der Waals surface area (Å²) in [6.45, 7) is 8.88. The topological polar surface area (TPSA) is 0 Å². The van der Waals surface area contributed by atoms with Crippen LogP contribution < -0.4 is 0 Å². The molecule has 0 saturated carbocycles. The Morgan fingerprint density at radius 2 is 1.60 bits per heavy atom. The Hall–Kier alpha value is -0.487. The van der Waals surface area contributed by atoms with E-state index < -0.39 is 20.8 Å². The van der Waals surface area contributed by atoms with E-state index in [1.165, 1.54) is 57.0 Å². The van der Waals surface area contributed by atoms with E-state index in [4.69, 9.17) is 17.0 Å². The molecule has 0 aromatic heterocycles. The molecule has 0 heterocycles. The summed E-state index contributed by atoms with van der Waals surface area (Å²) in [5.41, 5.74) is 8.41. The molecule has 0 atom stereocenters. The van der Waals surface area contributed by atoms with E-state index in [-0.39, 0.29) is 0 Å². The number of hydrogen-bond acceptors (Lipinski definition) is 0. The van der Waals surface area contributed by atoms with Gasteiger partial charge in [-0.2, -0.15) is 6.07 Å². The van der Waals surface area contributed by atoms with Gasteiger partial charge in [-0.3, -0.25) is 0 Å². The van der Waals surface area contributed by atoms with Gasteiger partial charge in [-0.25, -0.2) is 0 Å². The molecule has 3 rings (SSSR count). The van der Waals surface area contributed by atoms with E-state index in [1.807, 2.05) is 0 Å². The van der Waals surface area contributed by atoms with Crippen LogP contribution in [0.2, 0.25) is 0 Å². The molecule has 0 saturated heterocycles. The fourth-order valence-electron chi connectivity index (χ4n) is 3.58. The quantitative estimate of drug-likeness (QED) is 0.356. The van der Waals surface area contributed by atoms with Crippen LogP contribution >= 0.6 is 17.0 Å². The van der Waals surface area contributed by atoms with E-state index in [9.17, 15) is 0 Å². The summed E-state index contributed by atoms with van der Waals surface area (Å²) < 4.78 is 0.